The SMILES string of the molecule is CC(O)c1c(O)cccc1O. The van der Waals surface area contributed by atoms with Crippen molar-refractivity contribution in [1.82, 2.24) is 0 Å². The molecule has 0 radical (unpaired) electrons. The van der Waals surface area contributed by atoms with Gasteiger partial charge in [0.15, 0.2) is 0 Å². The minimum Gasteiger partial charge on any atom is -0.507 e. The van der Waals surface area contributed by atoms with Gasteiger partial charge in [-0.3, -0.25) is 0 Å². The van der Waals surface area contributed by atoms with Crippen molar-refractivity contribution >= 4 is 0 Å². The third-order valence-corrected chi connectivity index (χ3v) is 1.48. The maximum absolute atomic E-state index is 9.14. The second kappa shape index (κ2) is 2.80. The summed E-state index contributed by atoms with van der Waals surface area (Å²) in [6, 6.07) is 4.35. The zero-order chi connectivity index (χ0) is 8.43. The zero-order valence-electron chi connectivity index (χ0n) is 6.15. The molecule has 11 heavy (non-hydrogen) atoms. The summed E-state index contributed by atoms with van der Waals surface area (Å²) in [5, 5.41) is 27.3. The lowest BCUT2D eigenvalue weighted by Gasteiger charge is -2.08. The Morgan fingerprint density at radius 2 is 1.64 bits per heavy atom. The quantitative estimate of drug-likeness (QED) is 0.568. The molecule has 1 unspecified atom stereocenters. The van der Waals surface area contributed by atoms with Crippen molar-refractivity contribution in [2.75, 3.05) is 0 Å². The third-order valence-electron chi connectivity index (χ3n) is 1.48. The number of benzene rings is 1. The summed E-state index contributed by atoms with van der Waals surface area (Å²) in [4.78, 5) is 0. The van der Waals surface area contributed by atoms with Crippen LogP contribution in [-0.2, 0) is 0 Å². The summed E-state index contributed by atoms with van der Waals surface area (Å²) in [6.07, 6.45) is -0.851. The van der Waals surface area contributed by atoms with E-state index in [1.54, 1.807) is 0 Å². The van der Waals surface area contributed by atoms with Gasteiger partial charge in [0.1, 0.15) is 11.5 Å². The van der Waals surface area contributed by atoms with Crippen LogP contribution in [0.25, 0.3) is 0 Å². The van der Waals surface area contributed by atoms with E-state index in [0.717, 1.165) is 0 Å². The number of hydrogen-bond donors (Lipinski definition) is 3. The molecule has 3 heteroatoms. The van der Waals surface area contributed by atoms with Crippen molar-refractivity contribution in [3.8, 4) is 11.5 Å². The van der Waals surface area contributed by atoms with Gasteiger partial charge in [0.05, 0.1) is 11.7 Å². The maximum atomic E-state index is 9.14. The second-order valence-electron chi connectivity index (χ2n) is 2.39. The molecule has 60 valence electrons. The maximum Gasteiger partial charge on any atom is 0.125 e. The Kier molecular flexibility index (Phi) is 2.01. The topological polar surface area (TPSA) is 60.7 Å². The van der Waals surface area contributed by atoms with E-state index in [1.807, 2.05) is 0 Å². The van der Waals surface area contributed by atoms with Crippen LogP contribution in [0.5, 0.6) is 11.5 Å². The van der Waals surface area contributed by atoms with Crippen LogP contribution in [0.4, 0.5) is 0 Å². The lowest BCUT2D eigenvalue weighted by Crippen LogP contribution is -1.91. The first kappa shape index (κ1) is 7.88. The molecule has 0 aliphatic heterocycles. The van der Waals surface area contributed by atoms with Gasteiger partial charge in [-0.15, -0.1) is 0 Å². The first-order chi connectivity index (χ1) is 5.13. The molecule has 0 fully saturated rings. The van der Waals surface area contributed by atoms with Gasteiger partial charge in [-0.1, -0.05) is 6.07 Å². The molecule has 0 heterocycles. The molecule has 3 nitrogen and oxygen atoms in total. The smallest absolute Gasteiger partial charge is 0.125 e. The fraction of sp³-hybridized carbons (Fsp3) is 0.250. The monoisotopic (exact) mass is 154 g/mol. The fourth-order valence-corrected chi connectivity index (χ4v) is 0.969. The highest BCUT2D eigenvalue weighted by molar-refractivity contribution is 5.44. The molecule has 1 aromatic carbocycles. The highest BCUT2D eigenvalue weighted by Gasteiger charge is 2.11. The normalized spacial score (nSPS) is 12.9. The largest absolute Gasteiger partial charge is 0.507 e. The van der Waals surface area contributed by atoms with Crippen LogP contribution in [0.15, 0.2) is 18.2 Å². The first-order valence-electron chi connectivity index (χ1n) is 3.32. The number of phenolic OH excluding ortho intramolecular Hbond substituents is 2. The molecule has 1 rings (SSSR count). The highest BCUT2D eigenvalue weighted by atomic mass is 16.3. The van der Waals surface area contributed by atoms with Gasteiger partial charge >= 0.3 is 0 Å². The van der Waals surface area contributed by atoms with Gasteiger partial charge in [0.25, 0.3) is 0 Å². The highest BCUT2D eigenvalue weighted by Crippen LogP contribution is 2.31. The number of hydrogen-bond acceptors (Lipinski definition) is 3. The van der Waals surface area contributed by atoms with Crippen molar-refractivity contribution in [3.05, 3.63) is 23.8 Å². The van der Waals surface area contributed by atoms with E-state index in [9.17, 15) is 0 Å². The van der Waals surface area contributed by atoms with Crippen molar-refractivity contribution in [3.63, 3.8) is 0 Å². The van der Waals surface area contributed by atoms with E-state index in [-0.39, 0.29) is 17.1 Å². The lowest BCUT2D eigenvalue weighted by molar-refractivity contribution is 0.190. The summed E-state index contributed by atoms with van der Waals surface area (Å²) in [6.45, 7) is 1.48. The molecule has 3 N–H and O–H groups in total. The lowest BCUT2D eigenvalue weighted by atomic mass is 10.1. The molecule has 0 aliphatic rings. The van der Waals surface area contributed by atoms with Gasteiger partial charge < -0.3 is 15.3 Å². The summed E-state index contributed by atoms with van der Waals surface area (Å²) >= 11 is 0. The number of aromatic hydroxyl groups is 2. The number of phenols is 2. The van der Waals surface area contributed by atoms with Crippen LogP contribution in [0.3, 0.4) is 0 Å². The molecule has 0 saturated carbocycles. The minimum atomic E-state index is -0.851. The van der Waals surface area contributed by atoms with Crippen molar-refractivity contribution in [2.45, 2.75) is 13.0 Å². The van der Waals surface area contributed by atoms with E-state index in [1.165, 1.54) is 25.1 Å². The third kappa shape index (κ3) is 1.43. The van der Waals surface area contributed by atoms with Crippen molar-refractivity contribution in [1.29, 1.82) is 0 Å². The molecule has 0 amide bonds. The van der Waals surface area contributed by atoms with Crippen LogP contribution >= 0.6 is 0 Å². The van der Waals surface area contributed by atoms with E-state index >= 15 is 0 Å². The Labute approximate surface area is 64.5 Å². The number of rotatable bonds is 1. The van der Waals surface area contributed by atoms with E-state index in [4.69, 9.17) is 15.3 Å². The zero-order valence-corrected chi connectivity index (χ0v) is 6.15. The predicted molar refractivity (Wildman–Crippen MR) is 40.4 cm³/mol. The Balaban J connectivity index is 3.21. The molecule has 0 spiro atoms. The van der Waals surface area contributed by atoms with Crippen LogP contribution in [-0.4, -0.2) is 15.3 Å². The fourth-order valence-electron chi connectivity index (χ4n) is 0.969. The number of aliphatic hydroxyl groups is 1. The van der Waals surface area contributed by atoms with E-state index in [0.29, 0.717) is 0 Å². The molecular formula is C8H10O3. The molecule has 0 bridgehead atoms. The van der Waals surface area contributed by atoms with Crippen LogP contribution in [0.2, 0.25) is 0 Å². The summed E-state index contributed by atoms with van der Waals surface area (Å²) in [5.74, 6) is -0.167. The second-order valence-corrected chi connectivity index (χ2v) is 2.39. The van der Waals surface area contributed by atoms with Crippen LogP contribution in [0, 0.1) is 0 Å². The molecule has 0 aliphatic carbocycles. The standard InChI is InChI=1S/C8H10O3/c1-5(9)8-6(10)3-2-4-7(8)11/h2-5,9-11H,1H3. The molecule has 1 atom stereocenters. The summed E-state index contributed by atoms with van der Waals surface area (Å²) in [7, 11) is 0. The Morgan fingerprint density at radius 1 is 1.18 bits per heavy atom. The Hall–Kier alpha value is -1.22. The van der Waals surface area contributed by atoms with Gasteiger partial charge in [-0.2, -0.15) is 0 Å². The van der Waals surface area contributed by atoms with Gasteiger partial charge in [0.2, 0.25) is 0 Å². The minimum absolute atomic E-state index is 0.0833. The van der Waals surface area contributed by atoms with Crippen LogP contribution in [0.1, 0.15) is 18.6 Å². The number of aliphatic hydroxyl groups excluding tert-OH is 1. The summed E-state index contributed by atoms with van der Waals surface area (Å²) < 4.78 is 0. The average Bonchev–Trinajstić information content (AvgIpc) is 1.85. The predicted octanol–water partition coefficient (Wildman–Crippen LogP) is 1.15. The average molecular weight is 154 g/mol. The molecular weight excluding hydrogens is 144 g/mol. The van der Waals surface area contributed by atoms with Crippen molar-refractivity contribution in [2.24, 2.45) is 0 Å². The van der Waals surface area contributed by atoms with Gasteiger partial charge in [-0.25, -0.2) is 0 Å². The van der Waals surface area contributed by atoms with Gasteiger partial charge in [-0.05, 0) is 19.1 Å². The van der Waals surface area contributed by atoms with Gasteiger partial charge in [0, 0.05) is 0 Å². The molecule has 0 aromatic heterocycles. The molecule has 0 saturated heterocycles. The summed E-state index contributed by atoms with van der Waals surface area (Å²) in [5.41, 5.74) is 0.174. The van der Waals surface area contributed by atoms with Crippen molar-refractivity contribution < 1.29 is 15.3 Å². The van der Waals surface area contributed by atoms with E-state index in [2.05, 4.69) is 0 Å². The Morgan fingerprint density at radius 3 is 1.91 bits per heavy atom. The Bertz CT molecular complexity index is 235. The van der Waals surface area contributed by atoms with E-state index < -0.39 is 6.10 Å². The molecule has 1 aromatic rings. The first-order valence-corrected chi connectivity index (χ1v) is 3.32. The van der Waals surface area contributed by atoms with Crippen LogP contribution < -0.4 is 0 Å².